The SMILES string of the molecule is CCNC(=O)Oc1ccc(F)cc1.O=C(C1CCN(C(=O)C2(C(F)(F)F)CCC2)CC1)N1CC[C@H](c2ccc(Cl)cc2)C1. The Labute approximate surface area is 253 Å². The minimum atomic E-state index is -4.50. The highest BCUT2D eigenvalue weighted by Gasteiger charge is 2.64. The lowest BCUT2D eigenvalue weighted by molar-refractivity contribution is -0.249. The molecule has 2 aromatic carbocycles. The number of ether oxygens (including phenoxy) is 1. The average molecular weight is 626 g/mol. The van der Waals surface area contributed by atoms with E-state index >= 15 is 0 Å². The van der Waals surface area contributed by atoms with E-state index in [0.717, 1.165) is 12.0 Å². The van der Waals surface area contributed by atoms with Crippen molar-refractivity contribution in [3.8, 4) is 5.75 Å². The quantitative estimate of drug-likeness (QED) is 0.382. The second kappa shape index (κ2) is 14.0. The molecule has 0 unspecified atom stereocenters. The first-order valence-electron chi connectivity index (χ1n) is 14.5. The van der Waals surface area contributed by atoms with E-state index in [0.29, 0.717) is 49.7 Å². The molecule has 3 aliphatic rings. The van der Waals surface area contributed by atoms with E-state index in [1.165, 1.54) is 29.2 Å². The maximum atomic E-state index is 13.5. The highest BCUT2D eigenvalue weighted by atomic mass is 35.5. The van der Waals surface area contributed by atoms with Crippen LogP contribution >= 0.6 is 11.6 Å². The van der Waals surface area contributed by atoms with Crippen molar-refractivity contribution >= 4 is 29.5 Å². The molecule has 12 heteroatoms. The van der Waals surface area contributed by atoms with E-state index in [1.807, 2.05) is 29.2 Å². The third kappa shape index (κ3) is 7.79. The molecule has 2 saturated heterocycles. The van der Waals surface area contributed by atoms with Crippen molar-refractivity contribution in [1.82, 2.24) is 15.1 Å². The molecular weight excluding hydrogens is 590 g/mol. The van der Waals surface area contributed by atoms with Crippen LogP contribution in [0.1, 0.15) is 56.9 Å². The number of alkyl halides is 3. The van der Waals surface area contributed by atoms with Gasteiger partial charge in [-0.2, -0.15) is 13.2 Å². The number of amides is 3. The van der Waals surface area contributed by atoms with Crippen LogP contribution in [-0.4, -0.2) is 66.6 Å². The van der Waals surface area contributed by atoms with Gasteiger partial charge in [0.1, 0.15) is 17.0 Å². The lowest BCUT2D eigenvalue weighted by Crippen LogP contribution is -2.57. The van der Waals surface area contributed by atoms with Crippen LogP contribution in [0.25, 0.3) is 0 Å². The van der Waals surface area contributed by atoms with Crippen LogP contribution in [0.3, 0.4) is 0 Å². The van der Waals surface area contributed by atoms with E-state index in [9.17, 15) is 31.9 Å². The van der Waals surface area contributed by atoms with Gasteiger partial charge in [-0.15, -0.1) is 0 Å². The zero-order chi connectivity index (χ0) is 31.2. The summed E-state index contributed by atoms with van der Waals surface area (Å²) in [5.74, 6) is -0.709. The van der Waals surface area contributed by atoms with Gasteiger partial charge in [0.15, 0.2) is 0 Å². The Bertz CT molecular complexity index is 1260. The number of benzene rings is 2. The Hall–Kier alpha value is -3.34. The fraction of sp³-hybridized carbons (Fsp3) is 0.516. The molecule has 1 N–H and O–H groups in total. The summed E-state index contributed by atoms with van der Waals surface area (Å²) in [7, 11) is 0. The van der Waals surface area contributed by atoms with Gasteiger partial charge in [-0.25, -0.2) is 9.18 Å². The highest BCUT2D eigenvalue weighted by Crippen LogP contribution is 2.54. The Balaban J connectivity index is 0.000000273. The molecule has 0 radical (unpaired) electrons. The zero-order valence-corrected chi connectivity index (χ0v) is 24.7. The second-order valence-corrected chi connectivity index (χ2v) is 11.6. The number of halogens is 5. The molecule has 7 nitrogen and oxygen atoms in total. The summed E-state index contributed by atoms with van der Waals surface area (Å²) in [4.78, 5) is 39.6. The van der Waals surface area contributed by atoms with Gasteiger partial charge in [0.2, 0.25) is 11.8 Å². The van der Waals surface area contributed by atoms with Gasteiger partial charge in [-0.05, 0) is 81.0 Å². The van der Waals surface area contributed by atoms with Gasteiger partial charge in [0.05, 0.1) is 0 Å². The summed E-state index contributed by atoms with van der Waals surface area (Å²) in [6.45, 7) is 4.06. The third-order valence-corrected chi connectivity index (χ3v) is 8.73. The molecule has 3 fully saturated rings. The predicted octanol–water partition coefficient (Wildman–Crippen LogP) is 6.56. The number of likely N-dealkylation sites (tertiary alicyclic amines) is 2. The van der Waals surface area contributed by atoms with Crippen LogP contribution in [-0.2, 0) is 9.59 Å². The summed E-state index contributed by atoms with van der Waals surface area (Å²) in [6, 6.07) is 12.9. The molecule has 2 aromatic rings. The van der Waals surface area contributed by atoms with Crippen molar-refractivity contribution in [2.45, 2.75) is 57.5 Å². The standard InChI is InChI=1S/C22H26ClF3N2O2.C9H10FNO2/c23-18-4-2-15(3-5-18)17-8-13-28(14-17)19(29)16-6-11-27(12-7-16)20(30)21(9-1-10-21)22(24,25)26;1-2-11-9(12)13-8-5-3-7(10)4-6-8/h2-5,16-17H,1,6-14H2;3-6H,2H2,1H3,(H,11,12)/t17-;/m0./s1. The third-order valence-electron chi connectivity index (χ3n) is 8.48. The van der Waals surface area contributed by atoms with Crippen LogP contribution in [0.2, 0.25) is 5.02 Å². The number of piperidine rings is 1. The molecule has 1 atom stereocenters. The van der Waals surface area contributed by atoms with Gasteiger partial charge in [0.25, 0.3) is 0 Å². The van der Waals surface area contributed by atoms with Crippen LogP contribution in [0, 0.1) is 17.2 Å². The normalized spacial score (nSPS) is 20.0. The average Bonchev–Trinajstić information content (AvgIpc) is 3.44. The van der Waals surface area contributed by atoms with Crippen molar-refractivity contribution in [3.05, 3.63) is 64.9 Å². The van der Waals surface area contributed by atoms with Crippen molar-refractivity contribution in [2.24, 2.45) is 11.3 Å². The second-order valence-electron chi connectivity index (χ2n) is 11.2. The van der Waals surface area contributed by atoms with Gasteiger partial charge < -0.3 is 19.9 Å². The highest BCUT2D eigenvalue weighted by molar-refractivity contribution is 6.30. The maximum absolute atomic E-state index is 13.5. The maximum Gasteiger partial charge on any atom is 0.412 e. The fourth-order valence-corrected chi connectivity index (χ4v) is 5.92. The number of carbonyl (C=O) groups excluding carboxylic acids is 3. The number of nitrogens with one attached hydrogen (secondary N) is 1. The Morgan fingerprint density at radius 1 is 0.953 bits per heavy atom. The van der Waals surface area contributed by atoms with Crippen LogP contribution in [0.15, 0.2) is 48.5 Å². The number of nitrogens with zero attached hydrogens (tertiary/aromatic N) is 2. The van der Waals surface area contributed by atoms with Crippen LogP contribution < -0.4 is 10.1 Å². The first kappa shape index (κ1) is 32.6. The molecular formula is C31H36ClF4N3O4. The Morgan fingerprint density at radius 2 is 1.56 bits per heavy atom. The van der Waals surface area contributed by atoms with E-state index in [-0.39, 0.29) is 49.5 Å². The Kier molecular flexibility index (Phi) is 10.6. The first-order chi connectivity index (χ1) is 20.4. The van der Waals surface area contributed by atoms with Crippen LogP contribution in [0.4, 0.5) is 22.4 Å². The van der Waals surface area contributed by atoms with Crippen molar-refractivity contribution in [3.63, 3.8) is 0 Å². The lowest BCUT2D eigenvalue weighted by Gasteiger charge is -2.45. The van der Waals surface area contributed by atoms with E-state index < -0.39 is 23.6 Å². The smallest absolute Gasteiger partial charge is 0.410 e. The van der Waals surface area contributed by atoms with Gasteiger partial charge in [-0.1, -0.05) is 30.2 Å². The van der Waals surface area contributed by atoms with Crippen molar-refractivity contribution < 1.29 is 36.7 Å². The molecule has 0 aromatic heterocycles. The summed E-state index contributed by atoms with van der Waals surface area (Å²) < 4.78 is 57.6. The minimum absolute atomic E-state index is 0.0627. The summed E-state index contributed by atoms with van der Waals surface area (Å²) in [5.41, 5.74) is -1.03. The molecule has 3 amide bonds. The minimum Gasteiger partial charge on any atom is -0.410 e. The first-order valence-corrected chi connectivity index (χ1v) is 14.9. The predicted molar refractivity (Wildman–Crippen MR) is 153 cm³/mol. The zero-order valence-electron chi connectivity index (χ0n) is 24.0. The van der Waals surface area contributed by atoms with Gasteiger partial charge in [0, 0.05) is 49.6 Å². The summed E-state index contributed by atoms with van der Waals surface area (Å²) in [6.07, 6.45) is -3.08. The van der Waals surface area contributed by atoms with E-state index in [4.69, 9.17) is 16.3 Å². The van der Waals surface area contributed by atoms with Crippen molar-refractivity contribution in [1.29, 1.82) is 0 Å². The monoisotopic (exact) mass is 625 g/mol. The molecule has 0 bridgehead atoms. The topological polar surface area (TPSA) is 79.0 Å². The number of hydrogen-bond acceptors (Lipinski definition) is 4. The van der Waals surface area contributed by atoms with E-state index in [2.05, 4.69) is 5.32 Å². The van der Waals surface area contributed by atoms with Crippen LogP contribution in [0.5, 0.6) is 5.75 Å². The summed E-state index contributed by atoms with van der Waals surface area (Å²) in [5, 5.41) is 3.13. The number of hydrogen-bond donors (Lipinski definition) is 1. The molecule has 0 spiro atoms. The molecule has 1 aliphatic carbocycles. The molecule has 2 heterocycles. The molecule has 1 saturated carbocycles. The largest absolute Gasteiger partial charge is 0.412 e. The lowest BCUT2D eigenvalue weighted by atomic mass is 9.67. The molecule has 5 rings (SSSR count). The van der Waals surface area contributed by atoms with E-state index in [1.54, 1.807) is 6.92 Å². The summed E-state index contributed by atoms with van der Waals surface area (Å²) >= 11 is 5.94. The van der Waals surface area contributed by atoms with Crippen molar-refractivity contribution in [2.75, 3.05) is 32.7 Å². The van der Waals surface area contributed by atoms with Gasteiger partial charge >= 0.3 is 12.3 Å². The van der Waals surface area contributed by atoms with Gasteiger partial charge in [-0.3, -0.25) is 9.59 Å². The number of rotatable bonds is 5. The Morgan fingerprint density at radius 3 is 2.09 bits per heavy atom. The number of carbonyl (C=O) groups is 3. The molecule has 2 aliphatic heterocycles. The fourth-order valence-electron chi connectivity index (χ4n) is 5.80. The molecule has 234 valence electrons. The molecule has 43 heavy (non-hydrogen) atoms.